The quantitative estimate of drug-likeness (QED) is 0.466. The van der Waals surface area contributed by atoms with Gasteiger partial charge in [0, 0.05) is 17.5 Å². The first-order valence-electron chi connectivity index (χ1n) is 11.0. The molecular formula is C28H30FN. The van der Waals surface area contributed by atoms with Crippen LogP contribution < -0.4 is 10.4 Å². The van der Waals surface area contributed by atoms with Crippen LogP contribution in [0.25, 0.3) is 22.4 Å². The number of hydrogen-bond donors (Lipinski definition) is 0. The Hall–Kier alpha value is -2.74. The van der Waals surface area contributed by atoms with Gasteiger partial charge in [-0.3, -0.25) is 4.98 Å². The van der Waals surface area contributed by atoms with Crippen LogP contribution in [0.15, 0.2) is 72.9 Å². The summed E-state index contributed by atoms with van der Waals surface area (Å²) < 4.78 is 15.5. The number of nitrogens with zero attached hydrogens (tertiary/aromatic N) is 1. The van der Waals surface area contributed by atoms with Gasteiger partial charge in [0.25, 0.3) is 0 Å². The number of pyridine rings is 1. The molecule has 0 amide bonds. The third-order valence-corrected chi connectivity index (χ3v) is 6.57. The number of halogens is 1. The Morgan fingerprint density at radius 1 is 1.10 bits per heavy atom. The molecule has 0 saturated heterocycles. The molecule has 1 aliphatic carbocycles. The average Bonchev–Trinajstić information content (AvgIpc) is 2.80. The number of fused-ring (bicyclic) bond motifs is 2. The highest BCUT2D eigenvalue weighted by atomic mass is 19.1. The van der Waals surface area contributed by atoms with Crippen LogP contribution in [0.5, 0.6) is 0 Å². The van der Waals surface area contributed by atoms with E-state index < -0.39 is 11.6 Å². The van der Waals surface area contributed by atoms with Crippen molar-refractivity contribution in [3.05, 3.63) is 89.1 Å². The molecule has 3 atom stereocenters. The smallest absolute Gasteiger partial charge is 0.109 e. The van der Waals surface area contributed by atoms with Crippen molar-refractivity contribution in [2.45, 2.75) is 46.2 Å². The predicted octanol–water partition coefficient (Wildman–Crippen LogP) is 5.95. The zero-order valence-electron chi connectivity index (χ0n) is 18.1. The second kappa shape index (κ2) is 8.55. The molecule has 0 N–H and O–H groups in total. The molecule has 1 nitrogen and oxygen atoms in total. The minimum absolute atomic E-state index is 0.0267. The van der Waals surface area contributed by atoms with E-state index in [4.69, 9.17) is 4.98 Å². The van der Waals surface area contributed by atoms with Gasteiger partial charge in [0.05, 0.1) is 5.69 Å². The van der Waals surface area contributed by atoms with Crippen molar-refractivity contribution < 1.29 is 4.39 Å². The number of hydrogen-bond acceptors (Lipinski definition) is 1. The minimum atomic E-state index is -0.917. The molecule has 0 fully saturated rings. The number of aromatic nitrogens is 1. The summed E-state index contributed by atoms with van der Waals surface area (Å²) in [6.07, 6.45) is 9.66. The summed E-state index contributed by atoms with van der Waals surface area (Å²) in [6.45, 7) is 6.13. The Kier molecular flexibility index (Phi) is 5.85. The Morgan fingerprint density at radius 2 is 1.83 bits per heavy atom. The minimum Gasteiger partial charge on any atom is -0.257 e. The topological polar surface area (TPSA) is 12.9 Å². The molecule has 0 radical (unpaired) electrons. The van der Waals surface area contributed by atoms with Crippen molar-refractivity contribution in [3.8, 4) is 0 Å². The molecule has 30 heavy (non-hydrogen) atoms. The Morgan fingerprint density at radius 3 is 2.50 bits per heavy atom. The number of benzene rings is 2. The van der Waals surface area contributed by atoms with Gasteiger partial charge in [-0.2, -0.15) is 0 Å². The normalized spacial score (nSPS) is 19.3. The molecule has 1 heterocycles. The third-order valence-electron chi connectivity index (χ3n) is 6.57. The zero-order valence-corrected chi connectivity index (χ0v) is 18.1. The maximum Gasteiger partial charge on any atom is 0.109 e. The lowest BCUT2D eigenvalue weighted by atomic mass is 9.65. The Balaban J connectivity index is 2.05. The van der Waals surface area contributed by atoms with E-state index in [-0.39, 0.29) is 5.92 Å². The lowest BCUT2D eigenvalue weighted by molar-refractivity contribution is 0.128. The molecule has 154 valence electrons. The van der Waals surface area contributed by atoms with E-state index in [2.05, 4.69) is 74.5 Å². The Labute approximate surface area is 178 Å². The summed E-state index contributed by atoms with van der Waals surface area (Å²) in [7, 11) is 0. The SMILES string of the molecule is CCC=CC(C)(C(F)CC)C1CC=c2cc3ccccc3cc2=C1c1ccccn1. The molecule has 4 rings (SSSR count). The van der Waals surface area contributed by atoms with E-state index in [0.717, 1.165) is 18.5 Å². The van der Waals surface area contributed by atoms with Gasteiger partial charge in [-0.15, -0.1) is 0 Å². The van der Waals surface area contributed by atoms with Crippen molar-refractivity contribution in [2.75, 3.05) is 0 Å². The van der Waals surface area contributed by atoms with E-state index in [1.165, 1.54) is 26.8 Å². The van der Waals surface area contributed by atoms with Gasteiger partial charge in [0.2, 0.25) is 0 Å². The number of allylic oxidation sites excluding steroid dienone is 2. The van der Waals surface area contributed by atoms with Crippen molar-refractivity contribution in [2.24, 2.45) is 11.3 Å². The molecule has 0 bridgehead atoms. The lowest BCUT2D eigenvalue weighted by Gasteiger charge is -2.40. The van der Waals surface area contributed by atoms with Crippen LogP contribution in [0.2, 0.25) is 0 Å². The largest absolute Gasteiger partial charge is 0.257 e. The van der Waals surface area contributed by atoms with Crippen molar-refractivity contribution in [1.82, 2.24) is 4.98 Å². The fourth-order valence-electron chi connectivity index (χ4n) is 4.86. The molecular weight excluding hydrogens is 369 g/mol. The van der Waals surface area contributed by atoms with Crippen LogP contribution in [-0.2, 0) is 0 Å². The highest BCUT2D eigenvalue weighted by molar-refractivity contribution is 5.84. The van der Waals surface area contributed by atoms with Gasteiger partial charge < -0.3 is 0 Å². The average molecular weight is 400 g/mol. The summed E-state index contributed by atoms with van der Waals surface area (Å²) in [6, 6.07) is 19.0. The van der Waals surface area contributed by atoms with Crippen LogP contribution in [-0.4, -0.2) is 11.2 Å². The molecule has 0 saturated carbocycles. The van der Waals surface area contributed by atoms with Crippen LogP contribution in [0.3, 0.4) is 0 Å². The van der Waals surface area contributed by atoms with Gasteiger partial charge in [-0.1, -0.05) is 69.3 Å². The molecule has 0 aliphatic heterocycles. The van der Waals surface area contributed by atoms with E-state index in [1.54, 1.807) is 0 Å². The first-order valence-corrected chi connectivity index (χ1v) is 11.0. The first-order chi connectivity index (χ1) is 14.6. The third kappa shape index (κ3) is 3.60. The van der Waals surface area contributed by atoms with Gasteiger partial charge >= 0.3 is 0 Å². The summed E-state index contributed by atoms with van der Waals surface area (Å²) in [5, 5.41) is 4.84. The molecule has 3 unspecified atom stereocenters. The van der Waals surface area contributed by atoms with E-state index in [0.29, 0.717) is 6.42 Å². The van der Waals surface area contributed by atoms with Crippen molar-refractivity contribution in [3.63, 3.8) is 0 Å². The van der Waals surface area contributed by atoms with Crippen LogP contribution in [0.1, 0.15) is 45.7 Å². The maximum absolute atomic E-state index is 15.5. The predicted molar refractivity (Wildman–Crippen MR) is 125 cm³/mol. The Bertz CT molecular complexity index is 1180. The van der Waals surface area contributed by atoms with Crippen molar-refractivity contribution in [1.29, 1.82) is 0 Å². The van der Waals surface area contributed by atoms with Crippen LogP contribution in [0, 0.1) is 11.3 Å². The maximum atomic E-state index is 15.5. The molecule has 1 aliphatic rings. The summed E-state index contributed by atoms with van der Waals surface area (Å²) in [5.41, 5.74) is 1.53. The van der Waals surface area contributed by atoms with E-state index in [1.807, 2.05) is 25.3 Å². The number of rotatable bonds is 6. The van der Waals surface area contributed by atoms with Crippen LogP contribution in [0.4, 0.5) is 4.39 Å². The van der Waals surface area contributed by atoms with E-state index in [9.17, 15) is 0 Å². The standard InChI is InChI=1S/C28H30FN/c1-4-6-16-28(3,26(29)5-2)24-15-14-22-18-20-11-7-8-12-21(20)19-23(22)27(24)25-13-9-10-17-30-25/h6-14,16-19,24,26H,4-5,15H2,1-3H3. The lowest BCUT2D eigenvalue weighted by Crippen LogP contribution is -2.42. The fraction of sp³-hybridized carbons (Fsp3) is 0.321. The highest BCUT2D eigenvalue weighted by Gasteiger charge is 2.42. The fourth-order valence-corrected chi connectivity index (χ4v) is 4.86. The monoisotopic (exact) mass is 399 g/mol. The summed E-state index contributed by atoms with van der Waals surface area (Å²) in [5.74, 6) is 0.0267. The van der Waals surface area contributed by atoms with Gasteiger partial charge in [-0.25, -0.2) is 4.39 Å². The molecule has 0 spiro atoms. The van der Waals surface area contributed by atoms with Crippen LogP contribution >= 0.6 is 0 Å². The second-order valence-corrected chi connectivity index (χ2v) is 8.46. The van der Waals surface area contributed by atoms with Crippen molar-refractivity contribution >= 4 is 22.4 Å². The van der Waals surface area contributed by atoms with Gasteiger partial charge in [-0.05, 0) is 70.3 Å². The molecule has 3 aromatic rings. The zero-order chi connectivity index (χ0) is 21.1. The molecule has 2 heteroatoms. The first kappa shape index (κ1) is 20.5. The molecule has 2 aromatic carbocycles. The second-order valence-electron chi connectivity index (χ2n) is 8.46. The van der Waals surface area contributed by atoms with E-state index >= 15 is 4.39 Å². The summed E-state index contributed by atoms with van der Waals surface area (Å²) >= 11 is 0. The van der Waals surface area contributed by atoms with Gasteiger partial charge in [0.1, 0.15) is 6.17 Å². The highest BCUT2D eigenvalue weighted by Crippen LogP contribution is 2.45. The number of alkyl halides is 1. The molecule has 1 aromatic heterocycles. The summed E-state index contributed by atoms with van der Waals surface area (Å²) in [4.78, 5) is 4.71. The van der Waals surface area contributed by atoms with Gasteiger partial charge in [0.15, 0.2) is 0 Å².